The predicted molar refractivity (Wildman–Crippen MR) is 160 cm³/mol. The van der Waals surface area contributed by atoms with Crippen molar-refractivity contribution in [2.45, 2.75) is 116 Å². The van der Waals surface area contributed by atoms with Crippen LogP contribution in [0.2, 0.25) is 5.02 Å². The molecule has 1 aromatic heterocycles. The maximum Gasteiger partial charge on any atom is 0.371 e. The molecule has 0 aliphatic carbocycles. The second kappa shape index (κ2) is 17.0. The number of methoxy groups -OCH3 is 1. The van der Waals surface area contributed by atoms with Crippen molar-refractivity contribution in [1.29, 1.82) is 0 Å². The Morgan fingerprint density at radius 1 is 0.923 bits per heavy atom. The molecule has 5 nitrogen and oxygen atoms in total. The van der Waals surface area contributed by atoms with Crippen molar-refractivity contribution in [3.05, 3.63) is 56.7 Å². The third-order valence-electron chi connectivity index (χ3n) is 7.70. The van der Waals surface area contributed by atoms with Crippen LogP contribution in [0.3, 0.4) is 0 Å². The van der Waals surface area contributed by atoms with E-state index in [1.807, 2.05) is 4.90 Å². The molecule has 0 unspecified atom stereocenters. The highest BCUT2D eigenvalue weighted by Gasteiger charge is 2.53. The van der Waals surface area contributed by atoms with Crippen molar-refractivity contribution in [1.82, 2.24) is 4.90 Å². The summed E-state index contributed by atoms with van der Waals surface area (Å²) < 4.78 is 11.4. The lowest BCUT2D eigenvalue weighted by Gasteiger charge is -2.42. The molecule has 7 heteroatoms. The number of nitrogens with zero attached hydrogens (tertiary/aromatic N) is 1. The van der Waals surface area contributed by atoms with Gasteiger partial charge in [0.05, 0.1) is 7.11 Å². The van der Waals surface area contributed by atoms with E-state index in [2.05, 4.69) is 18.4 Å². The van der Waals surface area contributed by atoms with E-state index in [0.29, 0.717) is 23.7 Å². The lowest BCUT2D eigenvalue weighted by molar-refractivity contribution is -0.212. The van der Waals surface area contributed by atoms with Crippen molar-refractivity contribution in [2.75, 3.05) is 13.7 Å². The zero-order valence-corrected chi connectivity index (χ0v) is 25.4. The number of esters is 2. The van der Waals surface area contributed by atoms with Gasteiger partial charge in [0.1, 0.15) is 0 Å². The Hall–Kier alpha value is -1.89. The van der Waals surface area contributed by atoms with E-state index in [9.17, 15) is 9.59 Å². The molecule has 1 atom stereocenters. The van der Waals surface area contributed by atoms with Gasteiger partial charge in [0.25, 0.3) is 5.72 Å². The van der Waals surface area contributed by atoms with E-state index in [1.54, 1.807) is 35.6 Å². The summed E-state index contributed by atoms with van der Waals surface area (Å²) in [5, 5.41) is 2.43. The van der Waals surface area contributed by atoms with Crippen LogP contribution in [0, 0.1) is 0 Å². The highest BCUT2D eigenvalue weighted by molar-refractivity contribution is 7.10. The molecule has 0 saturated heterocycles. The number of unbranched alkanes of at least 4 members (excludes halogenated alkanes) is 12. The molecule has 216 valence electrons. The van der Waals surface area contributed by atoms with Crippen molar-refractivity contribution < 1.29 is 19.1 Å². The molecule has 0 radical (unpaired) electrons. The van der Waals surface area contributed by atoms with Crippen LogP contribution in [0.25, 0.3) is 0 Å². The second-order valence-corrected chi connectivity index (χ2v) is 12.0. The summed E-state index contributed by atoms with van der Waals surface area (Å²) in [6, 6.07) is 9.14. The predicted octanol–water partition coefficient (Wildman–Crippen LogP) is 8.81. The summed E-state index contributed by atoms with van der Waals surface area (Å²) in [5.74, 6) is -1.03. The van der Waals surface area contributed by atoms with Crippen molar-refractivity contribution in [3.8, 4) is 0 Å². The number of thiophene rings is 1. The van der Waals surface area contributed by atoms with Gasteiger partial charge in [-0.3, -0.25) is 4.79 Å². The van der Waals surface area contributed by atoms with E-state index in [0.717, 1.165) is 31.2 Å². The number of ether oxygens (including phenoxy) is 2. The first-order valence-corrected chi connectivity index (χ1v) is 16.1. The van der Waals surface area contributed by atoms with Crippen LogP contribution < -0.4 is 0 Å². The number of carbonyl (C=O) groups is 2. The minimum atomic E-state index is -1.72. The highest BCUT2D eigenvalue weighted by Crippen LogP contribution is 2.40. The van der Waals surface area contributed by atoms with Crippen LogP contribution in [0.15, 0.2) is 35.7 Å². The first-order valence-electron chi connectivity index (χ1n) is 14.9. The van der Waals surface area contributed by atoms with Gasteiger partial charge in [-0.25, -0.2) is 9.69 Å². The largest absolute Gasteiger partial charge is 0.465 e. The molecule has 2 aromatic rings. The zero-order chi connectivity index (χ0) is 27.9. The third kappa shape index (κ3) is 9.06. The first-order chi connectivity index (χ1) is 19.0. The smallest absolute Gasteiger partial charge is 0.371 e. The zero-order valence-electron chi connectivity index (χ0n) is 23.9. The summed E-state index contributed by atoms with van der Waals surface area (Å²) in [5.41, 5.74) is -0.143. The Kier molecular flexibility index (Phi) is 13.8. The first kappa shape index (κ1) is 31.6. The van der Waals surface area contributed by atoms with Gasteiger partial charge in [0, 0.05) is 35.0 Å². The molecule has 3 rings (SSSR count). The number of hydrogen-bond acceptors (Lipinski definition) is 6. The van der Waals surface area contributed by atoms with Crippen LogP contribution in [-0.4, -0.2) is 30.5 Å². The summed E-state index contributed by atoms with van der Waals surface area (Å²) in [7, 11) is 1.33. The molecular weight excluding hydrogens is 530 g/mol. The summed E-state index contributed by atoms with van der Waals surface area (Å²) >= 11 is 8.32. The lowest BCUT2D eigenvalue weighted by atomic mass is 9.96. The SMILES string of the molecule is CCCCCCCCCCCCCCCC(=O)O[C@](C(=O)OC)(c1ccccc1Cl)N1CCc2sccc2C1. The molecule has 1 aliphatic rings. The van der Waals surface area contributed by atoms with E-state index in [4.69, 9.17) is 21.1 Å². The molecule has 0 fully saturated rings. The molecular formula is C32H46ClNO4S. The van der Waals surface area contributed by atoms with E-state index < -0.39 is 17.7 Å². The number of hydrogen-bond donors (Lipinski definition) is 0. The van der Waals surface area contributed by atoms with Gasteiger partial charge in [-0.1, -0.05) is 114 Å². The summed E-state index contributed by atoms with van der Waals surface area (Å²) in [4.78, 5) is 29.9. The summed E-state index contributed by atoms with van der Waals surface area (Å²) in [6.45, 7) is 3.29. The number of carbonyl (C=O) groups excluding carboxylic acids is 2. The van der Waals surface area contributed by atoms with E-state index in [-0.39, 0.29) is 6.42 Å². The topological polar surface area (TPSA) is 55.8 Å². The van der Waals surface area contributed by atoms with Gasteiger partial charge < -0.3 is 9.47 Å². The van der Waals surface area contributed by atoms with E-state index >= 15 is 0 Å². The Bertz CT molecular complexity index is 1030. The molecule has 0 amide bonds. The van der Waals surface area contributed by atoms with Crippen LogP contribution in [0.4, 0.5) is 0 Å². The van der Waals surface area contributed by atoms with Crippen molar-refractivity contribution in [2.24, 2.45) is 0 Å². The van der Waals surface area contributed by atoms with Gasteiger partial charge >= 0.3 is 11.9 Å². The lowest BCUT2D eigenvalue weighted by Crippen LogP contribution is -2.56. The summed E-state index contributed by atoms with van der Waals surface area (Å²) in [6.07, 6.45) is 17.1. The average molecular weight is 576 g/mol. The van der Waals surface area contributed by atoms with Crippen molar-refractivity contribution >= 4 is 34.9 Å². The fraction of sp³-hybridized carbons (Fsp3) is 0.625. The number of fused-ring (bicyclic) bond motifs is 1. The van der Waals surface area contributed by atoms with Crippen LogP contribution in [-0.2, 0) is 37.8 Å². The Morgan fingerprint density at radius 3 is 2.15 bits per heavy atom. The molecule has 0 bridgehead atoms. The molecule has 0 spiro atoms. The standard InChI is InChI=1S/C32H46ClNO4S/c1-3-4-5-6-7-8-9-10-11-12-13-14-15-20-30(35)38-32(31(36)37-2,27-18-16-17-19-28(27)33)34-23-21-29-26(25-34)22-24-39-29/h16-19,22,24H,3-15,20-21,23,25H2,1-2H3/t32-/m0/s1. The Labute approximate surface area is 244 Å². The third-order valence-corrected chi connectivity index (χ3v) is 9.05. The van der Waals surface area contributed by atoms with Gasteiger partial charge in [-0.15, -0.1) is 11.3 Å². The quantitative estimate of drug-likeness (QED) is 0.131. The Morgan fingerprint density at radius 2 is 1.54 bits per heavy atom. The molecule has 39 heavy (non-hydrogen) atoms. The average Bonchev–Trinajstić information content (AvgIpc) is 3.42. The molecule has 0 saturated carbocycles. The van der Waals surface area contributed by atoms with Crippen LogP contribution in [0.1, 0.15) is 113 Å². The minimum absolute atomic E-state index is 0.262. The molecule has 0 N–H and O–H groups in total. The van der Waals surface area contributed by atoms with Crippen LogP contribution in [0.5, 0.6) is 0 Å². The molecule has 1 aromatic carbocycles. The Balaban J connectivity index is 1.52. The fourth-order valence-corrected chi connectivity index (χ4v) is 6.62. The molecule has 1 aliphatic heterocycles. The molecule has 2 heterocycles. The van der Waals surface area contributed by atoms with Crippen LogP contribution >= 0.6 is 22.9 Å². The second-order valence-electron chi connectivity index (χ2n) is 10.6. The normalized spacial score (nSPS) is 14.9. The van der Waals surface area contributed by atoms with Gasteiger partial charge in [-0.05, 0) is 35.9 Å². The maximum absolute atomic E-state index is 13.5. The highest BCUT2D eigenvalue weighted by atomic mass is 35.5. The fourth-order valence-electron chi connectivity index (χ4n) is 5.47. The van der Waals surface area contributed by atoms with Gasteiger partial charge in [0.15, 0.2) is 0 Å². The number of halogens is 1. The number of benzene rings is 1. The number of rotatable bonds is 18. The van der Waals surface area contributed by atoms with Gasteiger partial charge in [-0.2, -0.15) is 0 Å². The van der Waals surface area contributed by atoms with E-state index in [1.165, 1.54) is 76.2 Å². The van der Waals surface area contributed by atoms with Crippen molar-refractivity contribution in [3.63, 3.8) is 0 Å². The van der Waals surface area contributed by atoms with Gasteiger partial charge in [0.2, 0.25) is 0 Å². The minimum Gasteiger partial charge on any atom is -0.465 e. The maximum atomic E-state index is 13.5. The monoisotopic (exact) mass is 575 g/mol.